The average Bonchev–Trinajstić information content (AvgIpc) is 3.26. The highest BCUT2D eigenvalue weighted by molar-refractivity contribution is 5.75. The van der Waals surface area contributed by atoms with Crippen molar-refractivity contribution >= 4 is 29.8 Å². The highest BCUT2D eigenvalue weighted by Gasteiger charge is 2.64. The zero-order chi connectivity index (χ0) is 35.0. The molecule has 3 aliphatic carbocycles. The van der Waals surface area contributed by atoms with Crippen molar-refractivity contribution in [1.82, 2.24) is 0 Å². The molecule has 4 fully saturated rings. The maximum atomic E-state index is 13.6. The minimum absolute atomic E-state index is 0.0249. The topological polar surface area (TPSA) is 132 Å². The van der Waals surface area contributed by atoms with E-state index in [0.717, 1.165) is 32.1 Å². The van der Waals surface area contributed by atoms with Gasteiger partial charge in [-0.25, -0.2) is 0 Å². The molecular weight excluding hydrogens is 604 g/mol. The Morgan fingerprint density at radius 1 is 0.809 bits per heavy atom. The summed E-state index contributed by atoms with van der Waals surface area (Å²) in [6.07, 6.45) is 2.63. The lowest BCUT2D eigenvalue weighted by atomic mass is 9.48. The zero-order valence-corrected chi connectivity index (χ0v) is 30.2. The van der Waals surface area contributed by atoms with Gasteiger partial charge in [-0.2, -0.15) is 0 Å². The van der Waals surface area contributed by atoms with E-state index in [-0.39, 0.29) is 71.2 Å². The largest absolute Gasteiger partial charge is 0.465 e. The fourth-order valence-electron chi connectivity index (χ4n) is 10.9. The summed E-state index contributed by atoms with van der Waals surface area (Å²) >= 11 is 0. The highest BCUT2D eigenvalue weighted by Crippen LogP contribution is 2.66. The highest BCUT2D eigenvalue weighted by atomic mass is 16.6. The van der Waals surface area contributed by atoms with Crippen LogP contribution in [0.4, 0.5) is 0 Å². The molecule has 4 rings (SSSR count). The summed E-state index contributed by atoms with van der Waals surface area (Å²) in [5.41, 5.74) is -0.626. The second kappa shape index (κ2) is 14.5. The molecule has 0 aromatic rings. The van der Waals surface area contributed by atoms with Crippen LogP contribution >= 0.6 is 0 Å². The van der Waals surface area contributed by atoms with Crippen LogP contribution in [0, 0.1) is 58.2 Å². The summed E-state index contributed by atoms with van der Waals surface area (Å²) in [5, 5.41) is 0. The summed E-state index contributed by atoms with van der Waals surface area (Å²) < 4.78 is 29.5. The van der Waals surface area contributed by atoms with Gasteiger partial charge in [-0.05, 0) is 78.9 Å². The quantitative estimate of drug-likeness (QED) is 0.201. The first-order chi connectivity index (χ1) is 21.9. The predicted molar refractivity (Wildman–Crippen MR) is 172 cm³/mol. The molecule has 0 N–H and O–H groups in total. The Bertz CT molecular complexity index is 1200. The van der Waals surface area contributed by atoms with E-state index in [1.54, 1.807) is 0 Å². The van der Waals surface area contributed by atoms with E-state index in [2.05, 4.69) is 41.5 Å². The third-order valence-electron chi connectivity index (χ3n) is 12.8. The molecule has 1 heterocycles. The lowest BCUT2D eigenvalue weighted by molar-refractivity contribution is -0.189. The molecule has 0 aromatic heterocycles. The molecule has 10 nitrogen and oxygen atoms in total. The first-order valence-electron chi connectivity index (χ1n) is 17.8. The summed E-state index contributed by atoms with van der Waals surface area (Å²) in [4.78, 5) is 62.7. The molecule has 3 saturated carbocycles. The predicted octanol–water partition coefficient (Wildman–Crippen LogP) is 6.06. The monoisotopic (exact) mass is 662 g/mol. The first kappa shape index (κ1) is 37.2. The molecule has 0 aromatic carbocycles. The number of carbonyl (C=O) groups is 5. The van der Waals surface area contributed by atoms with E-state index in [1.807, 2.05) is 0 Å². The van der Waals surface area contributed by atoms with E-state index >= 15 is 0 Å². The molecule has 1 saturated heterocycles. The Labute approximate surface area is 280 Å². The molecule has 13 atom stereocenters. The van der Waals surface area contributed by atoms with Gasteiger partial charge in [0.1, 0.15) is 24.4 Å². The number of fused-ring (bicyclic) bond motifs is 5. The van der Waals surface area contributed by atoms with Crippen molar-refractivity contribution in [2.75, 3.05) is 6.61 Å². The van der Waals surface area contributed by atoms with E-state index in [9.17, 15) is 24.0 Å². The van der Waals surface area contributed by atoms with Crippen LogP contribution in [0.15, 0.2) is 0 Å². The van der Waals surface area contributed by atoms with Crippen molar-refractivity contribution in [1.29, 1.82) is 0 Å². The Morgan fingerprint density at radius 2 is 1.38 bits per heavy atom. The van der Waals surface area contributed by atoms with Gasteiger partial charge in [0, 0.05) is 46.0 Å². The Balaban J connectivity index is 1.66. The van der Waals surface area contributed by atoms with Gasteiger partial charge in [0.2, 0.25) is 0 Å². The number of carbonyl (C=O) groups excluding carboxylic acids is 5. The molecule has 47 heavy (non-hydrogen) atoms. The van der Waals surface area contributed by atoms with E-state index in [0.29, 0.717) is 13.0 Å². The van der Waals surface area contributed by atoms with Crippen LogP contribution in [-0.2, 0) is 47.7 Å². The molecule has 0 amide bonds. The Hall–Kier alpha value is -2.65. The van der Waals surface area contributed by atoms with Crippen LogP contribution < -0.4 is 0 Å². The number of hydrogen-bond donors (Lipinski definition) is 0. The van der Waals surface area contributed by atoms with Crippen LogP contribution in [0.3, 0.4) is 0 Å². The smallest absolute Gasteiger partial charge is 0.309 e. The minimum atomic E-state index is -0.703. The lowest BCUT2D eigenvalue weighted by Gasteiger charge is -2.56. The number of rotatable bonds is 10. The number of hydrogen-bond acceptors (Lipinski definition) is 10. The third kappa shape index (κ3) is 7.36. The summed E-state index contributed by atoms with van der Waals surface area (Å²) in [7, 11) is 0. The number of ether oxygens (including phenoxy) is 5. The van der Waals surface area contributed by atoms with Gasteiger partial charge in [-0.15, -0.1) is 0 Å². The van der Waals surface area contributed by atoms with Crippen LogP contribution in [0.2, 0.25) is 0 Å². The van der Waals surface area contributed by atoms with Gasteiger partial charge in [0.15, 0.2) is 0 Å². The number of cyclic esters (lactones) is 1. The normalized spacial score (nSPS) is 37.4. The minimum Gasteiger partial charge on any atom is -0.465 e. The summed E-state index contributed by atoms with van der Waals surface area (Å²) in [5.74, 6) is -1.58. The van der Waals surface area contributed by atoms with Gasteiger partial charge >= 0.3 is 29.8 Å². The zero-order valence-electron chi connectivity index (χ0n) is 30.2. The Morgan fingerprint density at radius 3 is 1.94 bits per heavy atom. The molecular formula is C37H58O10. The van der Waals surface area contributed by atoms with Gasteiger partial charge in [0.05, 0.1) is 12.5 Å². The van der Waals surface area contributed by atoms with E-state index in [1.165, 1.54) is 27.7 Å². The first-order valence-corrected chi connectivity index (χ1v) is 17.8. The van der Waals surface area contributed by atoms with Crippen LogP contribution in [0.5, 0.6) is 0 Å². The third-order valence-corrected chi connectivity index (χ3v) is 12.8. The van der Waals surface area contributed by atoms with Crippen LogP contribution in [0.1, 0.15) is 114 Å². The maximum absolute atomic E-state index is 13.6. The molecule has 0 spiro atoms. The van der Waals surface area contributed by atoms with Crippen molar-refractivity contribution in [3.05, 3.63) is 0 Å². The van der Waals surface area contributed by atoms with Crippen molar-refractivity contribution in [2.24, 2.45) is 58.2 Å². The fraction of sp³-hybridized carbons (Fsp3) is 0.865. The van der Waals surface area contributed by atoms with Crippen molar-refractivity contribution in [3.8, 4) is 0 Å². The van der Waals surface area contributed by atoms with Gasteiger partial charge < -0.3 is 23.7 Å². The molecule has 266 valence electrons. The second-order valence-electron chi connectivity index (χ2n) is 15.9. The molecule has 4 unspecified atom stereocenters. The van der Waals surface area contributed by atoms with Gasteiger partial charge in [-0.3, -0.25) is 24.0 Å². The fourth-order valence-corrected chi connectivity index (χ4v) is 10.9. The van der Waals surface area contributed by atoms with E-state index < -0.39 is 47.7 Å². The number of esters is 5. The summed E-state index contributed by atoms with van der Waals surface area (Å²) in [6.45, 7) is 18.8. The molecule has 0 radical (unpaired) electrons. The Kier molecular flexibility index (Phi) is 11.4. The molecule has 10 heteroatoms. The SMILES string of the molecule is CC[C@@H](C(C)C)[C@@H](OC(C)=O)[C@H](OC(C)=O)[C@@H](C)[C@H]1CCC2C3COC(=O)C4C[C@H](OC(C)=O)[C@H](OC(C)=O)C[C@]4(C)C3CC[C@@]21C. The average molecular weight is 663 g/mol. The van der Waals surface area contributed by atoms with Crippen molar-refractivity contribution < 1.29 is 47.7 Å². The lowest BCUT2D eigenvalue weighted by Crippen LogP contribution is -2.56. The van der Waals surface area contributed by atoms with Crippen LogP contribution in [0.25, 0.3) is 0 Å². The molecule has 1 aliphatic heterocycles. The van der Waals surface area contributed by atoms with Crippen molar-refractivity contribution in [3.63, 3.8) is 0 Å². The van der Waals surface area contributed by atoms with Gasteiger partial charge in [-0.1, -0.05) is 41.5 Å². The molecule has 0 bridgehead atoms. The second-order valence-corrected chi connectivity index (χ2v) is 15.9. The standard InChI is InChI=1S/C37H58O10/c1-11-25(19(2)3)34(47-24(8)41)33(46-23(7)40)20(4)27-12-13-28-26-18-43-35(42)30-16-31(44-21(5)38)32(45-22(6)39)17-37(30,10)29(26)14-15-36(27,28)9/h19-20,25-34H,11-18H2,1-10H3/t20-,25-,26?,27+,28?,29?,30?,31-,32+,33+,34+,36+,37+/m0/s1. The van der Waals surface area contributed by atoms with Crippen LogP contribution in [-0.4, -0.2) is 60.9 Å². The van der Waals surface area contributed by atoms with Gasteiger partial charge in [0.25, 0.3) is 0 Å². The van der Waals surface area contributed by atoms with Crippen molar-refractivity contribution in [2.45, 2.75) is 139 Å². The summed E-state index contributed by atoms with van der Waals surface area (Å²) in [6, 6.07) is 0. The molecule has 4 aliphatic rings. The van der Waals surface area contributed by atoms with E-state index in [4.69, 9.17) is 23.7 Å². The maximum Gasteiger partial charge on any atom is 0.309 e.